The molecule has 0 aliphatic carbocycles. The molecule has 0 radical (unpaired) electrons. The third-order valence-electron chi connectivity index (χ3n) is 2.61. The van der Waals surface area contributed by atoms with Crippen molar-refractivity contribution in [2.24, 2.45) is 0 Å². The van der Waals surface area contributed by atoms with Crippen molar-refractivity contribution >= 4 is 15.7 Å². The highest BCUT2D eigenvalue weighted by Gasteiger charge is 2.17. The zero-order valence-electron chi connectivity index (χ0n) is 11.1. The number of nitrogens with one attached hydrogen (secondary N) is 1. The largest absolute Gasteiger partial charge is 0.283 e. The Morgan fingerprint density at radius 2 is 1.76 bits per heavy atom. The van der Waals surface area contributed by atoms with Gasteiger partial charge < -0.3 is 0 Å². The zero-order valence-corrected chi connectivity index (χ0v) is 11.9. The second-order valence-electron chi connectivity index (χ2n) is 5.53. The highest BCUT2D eigenvalue weighted by atomic mass is 32.2. The summed E-state index contributed by atoms with van der Waals surface area (Å²) in [5.74, 6) is 0. The van der Waals surface area contributed by atoms with Crippen molar-refractivity contribution in [2.75, 3.05) is 4.72 Å². The Hall–Kier alpha value is -1.03. The Kier molecular flexibility index (Phi) is 3.87. The molecule has 96 valence electrons. The van der Waals surface area contributed by atoms with Crippen molar-refractivity contribution in [1.29, 1.82) is 0 Å². The molecule has 17 heavy (non-hydrogen) atoms. The van der Waals surface area contributed by atoms with E-state index in [0.29, 0.717) is 5.69 Å². The van der Waals surface area contributed by atoms with Gasteiger partial charge >= 0.3 is 0 Å². The second kappa shape index (κ2) is 4.69. The molecule has 0 spiro atoms. The van der Waals surface area contributed by atoms with Crippen molar-refractivity contribution in [3.05, 3.63) is 29.8 Å². The average Bonchev–Trinajstić information content (AvgIpc) is 2.15. The third-order valence-corrected chi connectivity index (χ3v) is 4.37. The van der Waals surface area contributed by atoms with Crippen LogP contribution in [0.1, 0.15) is 40.2 Å². The van der Waals surface area contributed by atoms with Crippen LogP contribution in [0.2, 0.25) is 0 Å². The van der Waals surface area contributed by atoms with Crippen molar-refractivity contribution < 1.29 is 8.42 Å². The number of benzene rings is 1. The molecule has 0 saturated heterocycles. The molecule has 1 N–H and O–H groups in total. The van der Waals surface area contributed by atoms with E-state index in [0.717, 1.165) is 5.56 Å². The second-order valence-corrected chi connectivity index (χ2v) is 7.76. The SMILES string of the molecule is CC(C)S(=O)(=O)Nc1cccc(C(C)(C)C)c1. The molecule has 0 amide bonds. The van der Waals surface area contributed by atoms with E-state index in [1.165, 1.54) is 0 Å². The summed E-state index contributed by atoms with van der Waals surface area (Å²) in [7, 11) is -3.26. The molecule has 1 rings (SSSR count). The predicted molar refractivity (Wildman–Crippen MR) is 72.8 cm³/mol. The van der Waals surface area contributed by atoms with Gasteiger partial charge in [-0.1, -0.05) is 32.9 Å². The normalized spacial score (nSPS) is 12.8. The van der Waals surface area contributed by atoms with Crippen LogP contribution >= 0.6 is 0 Å². The Morgan fingerprint density at radius 1 is 1.18 bits per heavy atom. The van der Waals surface area contributed by atoms with Crippen LogP contribution in [0.25, 0.3) is 0 Å². The van der Waals surface area contributed by atoms with Gasteiger partial charge in [0, 0.05) is 5.69 Å². The van der Waals surface area contributed by atoms with E-state index >= 15 is 0 Å². The summed E-state index contributed by atoms with van der Waals surface area (Å²) >= 11 is 0. The fourth-order valence-electron chi connectivity index (χ4n) is 1.33. The maximum atomic E-state index is 11.7. The van der Waals surface area contributed by atoms with Gasteiger partial charge in [-0.3, -0.25) is 4.72 Å². The quantitative estimate of drug-likeness (QED) is 0.902. The first-order chi connectivity index (χ1) is 7.63. The lowest BCUT2D eigenvalue weighted by Crippen LogP contribution is -2.22. The number of hydrogen-bond acceptors (Lipinski definition) is 2. The molecule has 0 fully saturated rings. The fourth-order valence-corrected chi connectivity index (χ4v) is 2.02. The molecule has 4 heteroatoms. The van der Waals surface area contributed by atoms with Crippen LogP contribution < -0.4 is 4.72 Å². The van der Waals surface area contributed by atoms with Gasteiger partial charge in [-0.25, -0.2) is 8.42 Å². The fraction of sp³-hybridized carbons (Fsp3) is 0.538. The molecule has 0 aromatic heterocycles. The van der Waals surface area contributed by atoms with Gasteiger partial charge in [0.25, 0.3) is 0 Å². The van der Waals surface area contributed by atoms with Gasteiger partial charge in [0.2, 0.25) is 10.0 Å². The number of sulfonamides is 1. The van der Waals surface area contributed by atoms with Crippen LogP contribution in [0.3, 0.4) is 0 Å². The lowest BCUT2D eigenvalue weighted by Gasteiger charge is -2.20. The minimum absolute atomic E-state index is 0.0132. The maximum absolute atomic E-state index is 11.7. The van der Waals surface area contributed by atoms with Crippen LogP contribution in [-0.4, -0.2) is 13.7 Å². The highest BCUT2D eigenvalue weighted by molar-refractivity contribution is 7.93. The topological polar surface area (TPSA) is 46.2 Å². The molecule has 0 aliphatic heterocycles. The van der Waals surface area contributed by atoms with Crippen molar-refractivity contribution in [3.63, 3.8) is 0 Å². The van der Waals surface area contributed by atoms with Gasteiger partial charge in [0.1, 0.15) is 0 Å². The summed E-state index contributed by atoms with van der Waals surface area (Å²) in [4.78, 5) is 0. The summed E-state index contributed by atoms with van der Waals surface area (Å²) in [6, 6.07) is 7.54. The predicted octanol–water partition coefficient (Wildman–Crippen LogP) is 3.13. The average molecular weight is 255 g/mol. The Bertz CT molecular complexity index is 484. The Balaban J connectivity index is 3.03. The van der Waals surface area contributed by atoms with Gasteiger partial charge in [-0.2, -0.15) is 0 Å². The first-order valence-electron chi connectivity index (χ1n) is 5.75. The number of rotatable bonds is 3. The van der Waals surface area contributed by atoms with Gasteiger partial charge in [0.15, 0.2) is 0 Å². The zero-order chi connectivity index (χ0) is 13.3. The van der Waals surface area contributed by atoms with Crippen LogP contribution in [0.4, 0.5) is 5.69 Å². The molecule has 3 nitrogen and oxygen atoms in total. The first kappa shape index (κ1) is 14.0. The Labute approximate surface area is 104 Å². The van der Waals surface area contributed by atoms with E-state index in [1.807, 2.05) is 18.2 Å². The van der Waals surface area contributed by atoms with Crippen LogP contribution in [0.5, 0.6) is 0 Å². The van der Waals surface area contributed by atoms with E-state index < -0.39 is 15.3 Å². The van der Waals surface area contributed by atoms with Crippen LogP contribution in [0.15, 0.2) is 24.3 Å². The molecule has 0 unspecified atom stereocenters. The minimum Gasteiger partial charge on any atom is -0.283 e. The van der Waals surface area contributed by atoms with Gasteiger partial charge in [-0.05, 0) is 37.0 Å². The molecule has 0 aliphatic rings. The van der Waals surface area contributed by atoms with E-state index in [-0.39, 0.29) is 5.41 Å². The molecule has 1 aromatic rings. The monoisotopic (exact) mass is 255 g/mol. The highest BCUT2D eigenvalue weighted by Crippen LogP contribution is 2.25. The molecule has 1 aromatic carbocycles. The third kappa shape index (κ3) is 3.73. The van der Waals surface area contributed by atoms with E-state index in [1.54, 1.807) is 19.9 Å². The summed E-state index contributed by atoms with van der Waals surface area (Å²) in [5, 5.41) is -0.430. The van der Waals surface area contributed by atoms with Gasteiger partial charge in [0.05, 0.1) is 5.25 Å². The summed E-state index contributed by atoms with van der Waals surface area (Å²) < 4.78 is 26.1. The van der Waals surface area contributed by atoms with Crippen LogP contribution in [-0.2, 0) is 15.4 Å². The van der Waals surface area contributed by atoms with Crippen molar-refractivity contribution in [3.8, 4) is 0 Å². The Morgan fingerprint density at radius 3 is 2.24 bits per heavy atom. The molecular weight excluding hydrogens is 234 g/mol. The van der Waals surface area contributed by atoms with E-state index in [9.17, 15) is 8.42 Å². The lowest BCUT2D eigenvalue weighted by molar-refractivity contribution is 0.588. The minimum atomic E-state index is -3.26. The van der Waals surface area contributed by atoms with E-state index in [2.05, 4.69) is 25.5 Å². The summed E-state index contributed by atoms with van der Waals surface area (Å²) in [6.07, 6.45) is 0. The molecule has 0 heterocycles. The maximum Gasteiger partial charge on any atom is 0.235 e. The standard InChI is InChI=1S/C13H21NO2S/c1-10(2)17(15,16)14-12-8-6-7-11(9-12)13(3,4)5/h6-10,14H,1-5H3. The van der Waals surface area contributed by atoms with Crippen LogP contribution in [0, 0.1) is 0 Å². The molecule has 0 atom stereocenters. The van der Waals surface area contributed by atoms with E-state index in [4.69, 9.17) is 0 Å². The lowest BCUT2D eigenvalue weighted by atomic mass is 9.87. The molecular formula is C13H21NO2S. The smallest absolute Gasteiger partial charge is 0.235 e. The van der Waals surface area contributed by atoms with Gasteiger partial charge in [-0.15, -0.1) is 0 Å². The summed E-state index contributed by atoms with van der Waals surface area (Å²) in [6.45, 7) is 9.63. The molecule has 0 bridgehead atoms. The van der Waals surface area contributed by atoms with Crippen molar-refractivity contribution in [1.82, 2.24) is 0 Å². The molecule has 0 saturated carbocycles. The number of anilines is 1. The summed E-state index contributed by atoms with van der Waals surface area (Å²) in [5.41, 5.74) is 1.76. The number of hydrogen-bond donors (Lipinski definition) is 1. The first-order valence-corrected chi connectivity index (χ1v) is 7.30. The van der Waals surface area contributed by atoms with Crippen molar-refractivity contribution in [2.45, 2.75) is 45.3 Å².